The Morgan fingerprint density at radius 2 is 1.70 bits per heavy atom. The molecule has 0 aliphatic carbocycles. The van der Waals surface area contributed by atoms with Gasteiger partial charge in [0.15, 0.2) is 5.76 Å². The van der Waals surface area contributed by atoms with E-state index < -0.39 is 5.97 Å². The minimum absolute atomic E-state index is 0.112. The van der Waals surface area contributed by atoms with Crippen LogP contribution < -0.4 is 10.2 Å². The molecule has 4 aromatic rings. The van der Waals surface area contributed by atoms with E-state index in [0.717, 1.165) is 5.56 Å². The maximum atomic E-state index is 12.9. The van der Waals surface area contributed by atoms with E-state index in [4.69, 9.17) is 9.15 Å². The normalized spacial score (nSPS) is 11.1. The third-order valence-corrected chi connectivity index (χ3v) is 4.78. The molecule has 0 saturated heterocycles. The maximum Gasteiger partial charge on any atom is 0.353 e. The smallest absolute Gasteiger partial charge is 0.353 e. The Morgan fingerprint density at radius 3 is 2.48 bits per heavy atom. The lowest BCUT2D eigenvalue weighted by Crippen LogP contribution is -2.15. The molecule has 132 valence electrons. The summed E-state index contributed by atoms with van der Waals surface area (Å²) in [6.45, 7) is 0. The molecule has 0 aliphatic heterocycles. The molecule has 0 fully saturated rings. The van der Waals surface area contributed by atoms with E-state index in [-0.39, 0.29) is 16.9 Å². The van der Waals surface area contributed by atoms with Gasteiger partial charge in [0.2, 0.25) is 11.2 Å². The monoisotopic (exact) mass is 374 g/mol. The van der Waals surface area contributed by atoms with Gasteiger partial charge in [0.1, 0.15) is 10.5 Å². The van der Waals surface area contributed by atoms with Crippen molar-refractivity contribution in [3.8, 4) is 5.75 Å². The van der Waals surface area contributed by atoms with Crippen molar-refractivity contribution in [2.24, 2.45) is 0 Å². The maximum absolute atomic E-state index is 12.9. The molecule has 0 amide bonds. The van der Waals surface area contributed by atoms with Gasteiger partial charge in [-0.25, -0.2) is 4.79 Å². The van der Waals surface area contributed by atoms with Crippen molar-refractivity contribution >= 4 is 40.4 Å². The average molecular weight is 374 g/mol. The standard InChI is InChI=1S/C22H14O4S/c23-20-16-9-4-5-10-17(16)25-18(13-12-15-7-2-1-3-8-15)21(20)26-22(24)19-11-6-14-27-19/h1-14H. The fourth-order valence-electron chi connectivity index (χ4n) is 2.62. The number of carbonyl (C=O) groups excluding carboxylic acids is 1. The number of thiophene rings is 1. The number of ether oxygens (including phenoxy) is 1. The Labute approximate surface area is 159 Å². The van der Waals surface area contributed by atoms with Gasteiger partial charge in [-0.2, -0.15) is 0 Å². The van der Waals surface area contributed by atoms with E-state index in [9.17, 15) is 9.59 Å². The number of rotatable bonds is 4. The molecule has 4 nitrogen and oxygen atoms in total. The minimum atomic E-state index is -0.582. The number of carbonyl (C=O) groups is 1. The molecule has 5 heteroatoms. The number of esters is 1. The molecular formula is C22H14O4S. The number of fused-ring (bicyclic) bond motifs is 1. The molecular weight excluding hydrogens is 360 g/mol. The molecule has 0 bridgehead atoms. The quantitative estimate of drug-likeness (QED) is 0.458. The van der Waals surface area contributed by atoms with Crippen molar-refractivity contribution in [2.75, 3.05) is 0 Å². The molecule has 2 aromatic carbocycles. The molecule has 0 atom stereocenters. The van der Waals surface area contributed by atoms with E-state index in [1.54, 1.807) is 53.9 Å². The van der Waals surface area contributed by atoms with Gasteiger partial charge < -0.3 is 9.15 Å². The highest BCUT2D eigenvalue weighted by atomic mass is 32.1. The van der Waals surface area contributed by atoms with Crippen molar-refractivity contribution in [1.29, 1.82) is 0 Å². The van der Waals surface area contributed by atoms with Crippen molar-refractivity contribution in [3.63, 3.8) is 0 Å². The van der Waals surface area contributed by atoms with E-state index in [0.29, 0.717) is 15.8 Å². The van der Waals surface area contributed by atoms with Gasteiger partial charge in [-0.05, 0) is 35.2 Å². The SMILES string of the molecule is O=C(Oc1c(C=Cc2ccccc2)oc2ccccc2c1=O)c1cccs1. The first-order valence-electron chi connectivity index (χ1n) is 8.27. The minimum Gasteiger partial charge on any atom is -0.453 e. The van der Waals surface area contributed by atoms with Crippen LogP contribution in [0.15, 0.2) is 81.3 Å². The summed E-state index contributed by atoms with van der Waals surface area (Å²) in [6.07, 6.45) is 3.44. The van der Waals surface area contributed by atoms with Crippen LogP contribution in [0.25, 0.3) is 23.1 Å². The molecule has 0 unspecified atom stereocenters. The summed E-state index contributed by atoms with van der Waals surface area (Å²) < 4.78 is 11.3. The Hall–Kier alpha value is -3.44. The van der Waals surface area contributed by atoms with Crippen molar-refractivity contribution in [2.45, 2.75) is 0 Å². The fraction of sp³-hybridized carbons (Fsp3) is 0. The Bertz CT molecular complexity index is 1170. The molecule has 0 saturated carbocycles. The molecule has 27 heavy (non-hydrogen) atoms. The van der Waals surface area contributed by atoms with Crippen LogP contribution in [0.3, 0.4) is 0 Å². The van der Waals surface area contributed by atoms with Crippen LogP contribution in [0.2, 0.25) is 0 Å². The Kier molecular flexibility index (Phi) is 4.68. The predicted molar refractivity (Wildman–Crippen MR) is 107 cm³/mol. The average Bonchev–Trinajstić information content (AvgIpc) is 3.24. The van der Waals surface area contributed by atoms with Gasteiger partial charge in [-0.1, -0.05) is 54.6 Å². The molecule has 0 N–H and O–H groups in total. The number of hydrogen-bond donors (Lipinski definition) is 0. The summed E-state index contributed by atoms with van der Waals surface area (Å²) in [6, 6.07) is 19.9. The van der Waals surface area contributed by atoms with Gasteiger partial charge in [-0.3, -0.25) is 4.79 Å². The summed E-state index contributed by atoms with van der Waals surface area (Å²) in [5.74, 6) is -0.492. The van der Waals surface area contributed by atoms with Crippen LogP contribution in [0, 0.1) is 0 Å². The van der Waals surface area contributed by atoms with E-state index in [2.05, 4.69) is 0 Å². The fourth-order valence-corrected chi connectivity index (χ4v) is 3.22. The third-order valence-electron chi connectivity index (χ3n) is 3.93. The van der Waals surface area contributed by atoms with Gasteiger partial charge in [0.25, 0.3) is 0 Å². The number of benzene rings is 2. The van der Waals surface area contributed by atoms with Crippen LogP contribution in [0.5, 0.6) is 5.75 Å². The van der Waals surface area contributed by atoms with E-state index in [1.165, 1.54) is 11.3 Å². The molecule has 0 radical (unpaired) electrons. The summed E-state index contributed by atoms with van der Waals surface area (Å²) in [7, 11) is 0. The Morgan fingerprint density at radius 1 is 0.926 bits per heavy atom. The molecule has 2 aromatic heterocycles. The first kappa shape index (κ1) is 17.0. The van der Waals surface area contributed by atoms with Crippen LogP contribution in [0.1, 0.15) is 21.0 Å². The zero-order chi connectivity index (χ0) is 18.6. The first-order chi connectivity index (χ1) is 13.2. The largest absolute Gasteiger partial charge is 0.453 e. The second-order valence-electron chi connectivity index (χ2n) is 5.73. The number of hydrogen-bond acceptors (Lipinski definition) is 5. The highest BCUT2D eigenvalue weighted by Crippen LogP contribution is 2.24. The Balaban J connectivity index is 1.81. The summed E-state index contributed by atoms with van der Waals surface area (Å²) in [4.78, 5) is 25.7. The van der Waals surface area contributed by atoms with Crippen LogP contribution in [-0.4, -0.2) is 5.97 Å². The topological polar surface area (TPSA) is 56.5 Å². The number of para-hydroxylation sites is 1. The lowest BCUT2D eigenvalue weighted by molar-refractivity contribution is 0.0734. The van der Waals surface area contributed by atoms with Gasteiger partial charge in [0.05, 0.1) is 5.39 Å². The predicted octanol–water partition coefficient (Wildman–Crippen LogP) is 5.24. The van der Waals surface area contributed by atoms with E-state index in [1.807, 2.05) is 30.3 Å². The second kappa shape index (κ2) is 7.43. The summed E-state index contributed by atoms with van der Waals surface area (Å²) >= 11 is 1.25. The summed E-state index contributed by atoms with van der Waals surface area (Å²) in [5, 5.41) is 2.14. The highest BCUT2D eigenvalue weighted by Gasteiger charge is 2.19. The molecule has 2 heterocycles. The third kappa shape index (κ3) is 3.59. The molecule has 0 spiro atoms. The lowest BCUT2D eigenvalue weighted by atomic mass is 10.1. The summed E-state index contributed by atoms with van der Waals surface area (Å²) in [5.41, 5.74) is 0.990. The second-order valence-corrected chi connectivity index (χ2v) is 6.68. The van der Waals surface area contributed by atoms with Crippen molar-refractivity contribution in [1.82, 2.24) is 0 Å². The zero-order valence-electron chi connectivity index (χ0n) is 14.1. The van der Waals surface area contributed by atoms with Gasteiger partial charge in [0, 0.05) is 0 Å². The lowest BCUT2D eigenvalue weighted by Gasteiger charge is -2.07. The first-order valence-corrected chi connectivity index (χ1v) is 9.15. The van der Waals surface area contributed by atoms with Crippen molar-refractivity contribution in [3.05, 3.63) is 98.5 Å². The zero-order valence-corrected chi connectivity index (χ0v) is 14.9. The van der Waals surface area contributed by atoms with E-state index >= 15 is 0 Å². The highest BCUT2D eigenvalue weighted by molar-refractivity contribution is 7.12. The van der Waals surface area contributed by atoms with Gasteiger partial charge >= 0.3 is 5.97 Å². The van der Waals surface area contributed by atoms with Crippen LogP contribution in [-0.2, 0) is 0 Å². The van der Waals surface area contributed by atoms with Gasteiger partial charge in [-0.15, -0.1) is 11.3 Å². The van der Waals surface area contributed by atoms with Crippen molar-refractivity contribution < 1.29 is 13.9 Å². The van der Waals surface area contributed by atoms with Crippen LogP contribution >= 0.6 is 11.3 Å². The molecule has 4 rings (SSSR count). The van der Waals surface area contributed by atoms with Crippen LogP contribution in [0.4, 0.5) is 0 Å². The molecule has 0 aliphatic rings.